The first kappa shape index (κ1) is 90.6. The van der Waals surface area contributed by atoms with Crippen molar-refractivity contribution in [2.45, 2.75) is 385 Å². The first-order valence-electron chi connectivity index (χ1n) is 43.6. The van der Waals surface area contributed by atoms with Gasteiger partial charge >= 0.3 is 0 Å². The van der Waals surface area contributed by atoms with Gasteiger partial charge < -0.3 is 59.1 Å². The van der Waals surface area contributed by atoms with E-state index in [0.717, 1.165) is 221 Å². The number of fused-ring (bicyclic) bond motifs is 6. The topological polar surface area (TPSA) is 177 Å². The van der Waals surface area contributed by atoms with E-state index in [1.165, 1.54) is 231 Å². The molecule has 0 heterocycles. The van der Waals surface area contributed by atoms with E-state index >= 15 is 0 Å². The molecular weight excluding hydrogens is 1270 g/mol. The number of unbranched alkanes of at least 4 members (excludes halogenated alkanes) is 54. The minimum Gasteiger partial charge on any atom is -0.490 e. The summed E-state index contributed by atoms with van der Waals surface area (Å²) < 4.78 is 41.8. The van der Waals surface area contributed by atoms with Gasteiger partial charge in [0, 0.05) is 39.6 Å². The van der Waals surface area contributed by atoms with Crippen LogP contribution in [0.15, 0.2) is 36.4 Å². The van der Waals surface area contributed by atoms with Crippen molar-refractivity contribution in [3.8, 4) is 34.5 Å². The molecule has 0 atom stereocenters. The Morgan fingerprint density at radius 3 is 0.314 bits per heavy atom. The predicted octanol–water partition coefficient (Wildman–Crippen LogP) is 24.8. The summed E-state index contributed by atoms with van der Waals surface area (Å²) in [6.07, 6.45) is 69.5. The van der Waals surface area contributed by atoms with Crippen LogP contribution in [0.25, 0.3) is 32.3 Å². The highest BCUT2D eigenvalue weighted by Crippen LogP contribution is 2.48. The highest BCUT2D eigenvalue weighted by Gasteiger charge is 2.21. The molecule has 0 spiro atoms. The quantitative estimate of drug-likeness (QED) is 0.0182. The molecule has 588 valence electrons. The Bertz CT molecular complexity index is 2050. The second-order valence-electron chi connectivity index (χ2n) is 30.2. The van der Waals surface area contributed by atoms with Gasteiger partial charge in [0.25, 0.3) is 0 Å². The van der Waals surface area contributed by atoms with Crippen molar-refractivity contribution < 1.29 is 59.1 Å². The minimum absolute atomic E-state index is 0.300. The zero-order valence-corrected chi connectivity index (χ0v) is 65.5. The van der Waals surface area contributed by atoms with Crippen molar-refractivity contribution in [2.75, 3.05) is 79.3 Å². The lowest BCUT2D eigenvalue weighted by Gasteiger charge is -2.21. The normalized spacial score (nSPS) is 11.7. The van der Waals surface area contributed by atoms with E-state index in [1.54, 1.807) is 0 Å². The van der Waals surface area contributed by atoms with E-state index in [1.807, 2.05) is 0 Å². The van der Waals surface area contributed by atoms with Gasteiger partial charge in [0.2, 0.25) is 0 Å². The maximum Gasteiger partial charge on any atom is 0.161 e. The van der Waals surface area contributed by atoms with Crippen LogP contribution in [0, 0.1) is 0 Å². The standard InChI is InChI=1S/C90H156O12/c91-61-49-37-25-13-1-7-19-31-43-55-67-97-85-73-79-80(74-86(85)98-68-56-44-32-20-8-2-14-26-38-50-62-92)82-76-88(100-70-58-46-34-22-10-4-16-28-40-52-64-94)90(102-72-60-48-36-24-12-6-18-30-42-54-66-96)78-84(82)83-77-89(101-71-59-47-35-23-11-5-17-29-41-53-65-95)87(75-81(79)83)99-69-57-45-33-21-9-3-15-27-39-51-63-93/h73-78,91-96H,1-72H2. The zero-order chi connectivity index (χ0) is 72.3. The number of rotatable bonds is 78. The highest BCUT2D eigenvalue weighted by atomic mass is 16.5. The van der Waals surface area contributed by atoms with E-state index in [2.05, 4.69) is 36.4 Å². The molecule has 0 radical (unpaired) electrons. The molecule has 0 saturated carbocycles. The molecule has 0 aliphatic carbocycles. The van der Waals surface area contributed by atoms with E-state index < -0.39 is 0 Å². The third-order valence-corrected chi connectivity index (χ3v) is 21.0. The molecule has 4 rings (SSSR count). The predicted molar refractivity (Wildman–Crippen MR) is 431 cm³/mol. The molecule has 0 aliphatic heterocycles. The summed E-state index contributed by atoms with van der Waals surface area (Å²) in [6.45, 7) is 5.51. The van der Waals surface area contributed by atoms with Crippen LogP contribution in [0.3, 0.4) is 0 Å². The SMILES string of the molecule is OCCCCCCCCCCCCOc1cc2c3cc(OCCCCCCCCCCCCO)c(OCCCCCCCCCCCCO)cc3c3cc(OCCCCCCCCCCCCO)c(OCCCCCCCCCCCCO)cc3c2cc1OCCCCCCCCCCCCO. The monoisotopic (exact) mass is 1430 g/mol. The molecule has 4 aromatic rings. The Hall–Kier alpha value is -3.78. The molecular formula is C90H156O12. The Kier molecular flexibility index (Phi) is 59.2. The van der Waals surface area contributed by atoms with Gasteiger partial charge in [-0.05, 0) is 146 Å². The fraction of sp³-hybridized carbons (Fsp3) is 0.800. The summed E-state index contributed by atoms with van der Waals surface area (Å²) in [7, 11) is 0. The highest BCUT2D eigenvalue weighted by molar-refractivity contribution is 6.26. The second kappa shape index (κ2) is 66.6. The van der Waals surface area contributed by atoms with Gasteiger partial charge in [-0.3, -0.25) is 0 Å². The smallest absolute Gasteiger partial charge is 0.161 e. The maximum atomic E-state index is 9.22. The summed E-state index contributed by atoms with van der Waals surface area (Å²) in [4.78, 5) is 0. The van der Waals surface area contributed by atoms with Gasteiger partial charge in [-0.1, -0.05) is 308 Å². The number of hydrogen-bond acceptors (Lipinski definition) is 12. The third kappa shape index (κ3) is 44.4. The van der Waals surface area contributed by atoms with Crippen LogP contribution in [0.5, 0.6) is 34.5 Å². The molecule has 102 heavy (non-hydrogen) atoms. The molecule has 12 heteroatoms. The minimum atomic E-state index is 0.300. The lowest BCUT2D eigenvalue weighted by atomic mass is 9.93. The van der Waals surface area contributed by atoms with Crippen LogP contribution in [-0.4, -0.2) is 110 Å². The Morgan fingerprint density at radius 2 is 0.216 bits per heavy atom. The van der Waals surface area contributed by atoms with Gasteiger partial charge in [0.15, 0.2) is 34.5 Å². The number of aliphatic hydroxyl groups is 6. The number of benzene rings is 4. The Morgan fingerprint density at radius 1 is 0.127 bits per heavy atom. The maximum absolute atomic E-state index is 9.22. The zero-order valence-electron chi connectivity index (χ0n) is 65.5. The average molecular weight is 1430 g/mol. The van der Waals surface area contributed by atoms with E-state index in [9.17, 15) is 30.6 Å². The molecule has 0 fully saturated rings. The van der Waals surface area contributed by atoms with Gasteiger partial charge in [0.1, 0.15) is 0 Å². The van der Waals surface area contributed by atoms with Gasteiger partial charge in [-0.25, -0.2) is 0 Å². The summed E-state index contributed by atoms with van der Waals surface area (Å²) in [5, 5.41) is 61.9. The van der Waals surface area contributed by atoms with Gasteiger partial charge in [-0.15, -0.1) is 0 Å². The molecule has 6 N–H and O–H groups in total. The second-order valence-corrected chi connectivity index (χ2v) is 30.2. The van der Waals surface area contributed by atoms with Crippen molar-refractivity contribution in [1.29, 1.82) is 0 Å². The summed E-state index contributed by atoms with van der Waals surface area (Å²) >= 11 is 0. The Balaban J connectivity index is 1.76. The molecule has 0 aromatic heterocycles. The third-order valence-electron chi connectivity index (χ3n) is 21.0. The van der Waals surface area contributed by atoms with Crippen molar-refractivity contribution in [3.05, 3.63) is 36.4 Å². The molecule has 12 nitrogen and oxygen atoms in total. The molecule has 4 aromatic carbocycles. The summed E-state index contributed by atoms with van der Waals surface area (Å²) in [5.74, 6) is 4.74. The van der Waals surface area contributed by atoms with Crippen LogP contribution in [0.1, 0.15) is 385 Å². The van der Waals surface area contributed by atoms with Crippen LogP contribution >= 0.6 is 0 Å². The Labute approximate surface area is 623 Å². The van der Waals surface area contributed by atoms with Gasteiger partial charge in [-0.2, -0.15) is 0 Å². The van der Waals surface area contributed by atoms with E-state index in [4.69, 9.17) is 28.4 Å². The van der Waals surface area contributed by atoms with Crippen molar-refractivity contribution in [3.63, 3.8) is 0 Å². The number of ether oxygens (including phenoxy) is 6. The van der Waals surface area contributed by atoms with Crippen LogP contribution in [0.4, 0.5) is 0 Å². The first-order chi connectivity index (χ1) is 50.6. The van der Waals surface area contributed by atoms with Crippen molar-refractivity contribution >= 4 is 32.3 Å². The fourth-order valence-electron chi connectivity index (χ4n) is 14.6. The molecule has 0 saturated heterocycles. The van der Waals surface area contributed by atoms with E-state index in [0.29, 0.717) is 79.3 Å². The van der Waals surface area contributed by atoms with Crippen LogP contribution in [-0.2, 0) is 0 Å². The van der Waals surface area contributed by atoms with Crippen molar-refractivity contribution in [2.24, 2.45) is 0 Å². The van der Waals surface area contributed by atoms with Crippen LogP contribution < -0.4 is 28.4 Å². The largest absolute Gasteiger partial charge is 0.490 e. The molecule has 0 aliphatic rings. The fourth-order valence-corrected chi connectivity index (χ4v) is 14.6. The molecule has 0 unspecified atom stereocenters. The lowest BCUT2D eigenvalue weighted by Crippen LogP contribution is -2.05. The number of aliphatic hydroxyl groups excluding tert-OH is 6. The van der Waals surface area contributed by atoms with Crippen molar-refractivity contribution in [1.82, 2.24) is 0 Å². The lowest BCUT2D eigenvalue weighted by molar-refractivity contribution is 0.258. The summed E-state index contributed by atoms with van der Waals surface area (Å²) in [6, 6.07) is 13.6. The molecule has 0 amide bonds. The van der Waals surface area contributed by atoms with Crippen LogP contribution in [0.2, 0.25) is 0 Å². The van der Waals surface area contributed by atoms with Gasteiger partial charge in [0.05, 0.1) is 39.6 Å². The number of hydrogen-bond donors (Lipinski definition) is 6. The van der Waals surface area contributed by atoms with E-state index in [-0.39, 0.29) is 0 Å². The first-order valence-corrected chi connectivity index (χ1v) is 43.6. The summed E-state index contributed by atoms with van der Waals surface area (Å²) in [5.41, 5.74) is 0. The average Bonchev–Trinajstić information content (AvgIpc) is 0.728. The molecule has 0 bridgehead atoms.